The number of methoxy groups -OCH3 is 1. The monoisotopic (exact) mass is 479 g/mol. The third kappa shape index (κ3) is 5.31. The largest absolute Gasteiger partial charge is 0.497 e. The molecule has 2 heterocycles. The van der Waals surface area contributed by atoms with Gasteiger partial charge in [-0.1, -0.05) is 12.1 Å². The number of fused-ring (bicyclic) bond motifs is 1. The summed E-state index contributed by atoms with van der Waals surface area (Å²) in [7, 11) is 1.59. The number of rotatable bonds is 7. The van der Waals surface area contributed by atoms with Crippen molar-refractivity contribution < 1.29 is 28.2 Å². The van der Waals surface area contributed by atoms with E-state index in [9.17, 15) is 14.4 Å². The lowest BCUT2D eigenvalue weighted by atomic mass is 9.97. The summed E-state index contributed by atoms with van der Waals surface area (Å²) in [4.78, 5) is 39.4. The number of aryl methyl sites for hydroxylation is 1. The van der Waals surface area contributed by atoms with Gasteiger partial charge in [-0.05, 0) is 56.5 Å². The van der Waals surface area contributed by atoms with Crippen LogP contribution in [0.1, 0.15) is 25.5 Å². The van der Waals surface area contributed by atoms with Crippen LogP contribution in [0.5, 0.6) is 11.5 Å². The second kappa shape index (κ2) is 10.6. The average Bonchev–Trinajstić information content (AvgIpc) is 2.87. The van der Waals surface area contributed by atoms with E-state index in [1.54, 1.807) is 56.2 Å². The van der Waals surface area contributed by atoms with Crippen molar-refractivity contribution in [3.63, 3.8) is 0 Å². The van der Waals surface area contributed by atoms with Crippen LogP contribution in [0.15, 0.2) is 51.7 Å². The molecule has 2 aromatic carbocycles. The molecular formula is C27H29NO7. The summed E-state index contributed by atoms with van der Waals surface area (Å²) in [6.45, 7) is 4.74. The Morgan fingerprint density at radius 3 is 2.40 bits per heavy atom. The summed E-state index contributed by atoms with van der Waals surface area (Å²) >= 11 is 0. The van der Waals surface area contributed by atoms with Crippen molar-refractivity contribution in [1.29, 1.82) is 0 Å². The van der Waals surface area contributed by atoms with Crippen LogP contribution in [0.4, 0.5) is 0 Å². The van der Waals surface area contributed by atoms with Crippen LogP contribution in [-0.2, 0) is 14.3 Å². The summed E-state index contributed by atoms with van der Waals surface area (Å²) in [6.07, 6.45) is 1.17. The molecule has 0 saturated carbocycles. The van der Waals surface area contributed by atoms with Crippen molar-refractivity contribution in [1.82, 2.24) is 4.90 Å². The molecule has 0 N–H and O–H groups in total. The molecule has 3 aromatic rings. The Balaban J connectivity index is 1.43. The fraction of sp³-hybridized carbons (Fsp3) is 0.370. The lowest BCUT2D eigenvalue weighted by molar-refractivity contribution is -0.151. The Morgan fingerprint density at radius 1 is 1.06 bits per heavy atom. The van der Waals surface area contributed by atoms with Gasteiger partial charge in [0.25, 0.3) is 5.91 Å². The van der Waals surface area contributed by atoms with Gasteiger partial charge < -0.3 is 23.5 Å². The molecule has 0 radical (unpaired) electrons. The Morgan fingerprint density at radius 2 is 1.74 bits per heavy atom. The number of ether oxygens (including phenoxy) is 3. The van der Waals surface area contributed by atoms with Gasteiger partial charge in [0, 0.05) is 19.2 Å². The first kappa shape index (κ1) is 24.3. The number of esters is 1. The number of carbonyl (C=O) groups is 2. The number of nitrogens with zero attached hydrogens (tertiary/aromatic N) is 1. The van der Waals surface area contributed by atoms with E-state index in [2.05, 4.69) is 0 Å². The summed E-state index contributed by atoms with van der Waals surface area (Å²) < 4.78 is 21.9. The van der Waals surface area contributed by atoms with Crippen molar-refractivity contribution in [3.05, 3.63) is 58.4 Å². The molecule has 1 aromatic heterocycles. The van der Waals surface area contributed by atoms with Gasteiger partial charge in [-0.2, -0.15) is 0 Å². The minimum absolute atomic E-state index is 0.136. The molecule has 4 rings (SSSR count). The van der Waals surface area contributed by atoms with Crippen LogP contribution in [0.2, 0.25) is 0 Å². The van der Waals surface area contributed by atoms with Crippen molar-refractivity contribution in [2.45, 2.75) is 26.7 Å². The quantitative estimate of drug-likeness (QED) is 0.474. The van der Waals surface area contributed by atoms with E-state index < -0.39 is 0 Å². The fourth-order valence-electron chi connectivity index (χ4n) is 4.33. The lowest BCUT2D eigenvalue weighted by Gasteiger charge is -2.30. The van der Waals surface area contributed by atoms with Gasteiger partial charge in [0.2, 0.25) is 5.43 Å². The minimum atomic E-state index is -0.195. The zero-order valence-corrected chi connectivity index (χ0v) is 20.2. The molecule has 0 bridgehead atoms. The highest BCUT2D eigenvalue weighted by Gasteiger charge is 2.28. The number of likely N-dealkylation sites (tertiary alicyclic amines) is 1. The topological polar surface area (TPSA) is 95.3 Å². The number of hydrogen-bond acceptors (Lipinski definition) is 7. The second-order valence-corrected chi connectivity index (χ2v) is 8.44. The molecule has 1 fully saturated rings. The van der Waals surface area contributed by atoms with Crippen LogP contribution in [-0.4, -0.2) is 50.2 Å². The smallest absolute Gasteiger partial charge is 0.309 e. The molecule has 1 saturated heterocycles. The Kier molecular flexibility index (Phi) is 7.39. The van der Waals surface area contributed by atoms with Gasteiger partial charge >= 0.3 is 5.97 Å². The standard InChI is InChI=1S/C27H29NO7/c1-4-33-27(31)19-11-13-28(14-12-19)24(29)16-34-21-9-10-22-23(15-21)35-17(2)25(26(22)30)18-5-7-20(32-3)8-6-18/h5-10,15,19H,4,11-14,16H2,1-3H3. The van der Waals surface area contributed by atoms with Gasteiger partial charge in [-0.25, -0.2) is 0 Å². The molecule has 0 aliphatic carbocycles. The van der Waals surface area contributed by atoms with Crippen LogP contribution >= 0.6 is 0 Å². The van der Waals surface area contributed by atoms with E-state index in [1.165, 1.54) is 0 Å². The third-order valence-corrected chi connectivity index (χ3v) is 6.25. The van der Waals surface area contributed by atoms with Gasteiger partial charge in [0.1, 0.15) is 22.8 Å². The average molecular weight is 480 g/mol. The predicted octanol–water partition coefficient (Wildman–Crippen LogP) is 3.96. The molecule has 0 unspecified atom stereocenters. The first-order valence-electron chi connectivity index (χ1n) is 11.7. The summed E-state index contributed by atoms with van der Waals surface area (Å²) in [5.41, 5.74) is 1.50. The number of amides is 1. The summed E-state index contributed by atoms with van der Waals surface area (Å²) in [6, 6.07) is 12.2. The maximum absolute atomic E-state index is 13.2. The third-order valence-electron chi connectivity index (χ3n) is 6.25. The number of piperidine rings is 1. The second-order valence-electron chi connectivity index (χ2n) is 8.44. The van der Waals surface area contributed by atoms with E-state index >= 15 is 0 Å². The molecule has 1 aliphatic heterocycles. The zero-order valence-electron chi connectivity index (χ0n) is 20.2. The highest BCUT2D eigenvalue weighted by atomic mass is 16.5. The fourth-order valence-corrected chi connectivity index (χ4v) is 4.33. The van der Waals surface area contributed by atoms with E-state index in [4.69, 9.17) is 18.6 Å². The van der Waals surface area contributed by atoms with E-state index in [-0.39, 0.29) is 29.8 Å². The number of hydrogen-bond donors (Lipinski definition) is 0. The highest BCUT2D eigenvalue weighted by Crippen LogP contribution is 2.28. The van der Waals surface area contributed by atoms with Crippen LogP contribution in [0.25, 0.3) is 22.1 Å². The Bertz CT molecular complexity index is 1270. The minimum Gasteiger partial charge on any atom is -0.497 e. The Labute approximate surface area is 203 Å². The lowest BCUT2D eigenvalue weighted by Crippen LogP contribution is -2.42. The molecule has 1 amide bonds. The highest BCUT2D eigenvalue weighted by molar-refractivity contribution is 5.84. The SMILES string of the molecule is CCOC(=O)C1CCN(C(=O)COc2ccc3c(=O)c(-c4ccc(OC)cc4)c(C)oc3c2)CC1. The van der Waals surface area contributed by atoms with E-state index in [1.807, 2.05) is 12.1 Å². The van der Waals surface area contributed by atoms with E-state index in [0.29, 0.717) is 66.3 Å². The molecular weight excluding hydrogens is 450 g/mol. The normalized spacial score (nSPS) is 14.1. The number of carbonyl (C=O) groups excluding carboxylic acids is 2. The zero-order chi connectivity index (χ0) is 24.9. The molecule has 8 nitrogen and oxygen atoms in total. The van der Waals surface area contributed by atoms with Crippen LogP contribution in [0.3, 0.4) is 0 Å². The molecule has 184 valence electrons. The van der Waals surface area contributed by atoms with E-state index in [0.717, 1.165) is 5.56 Å². The van der Waals surface area contributed by atoms with Crippen molar-refractivity contribution in [2.24, 2.45) is 5.92 Å². The van der Waals surface area contributed by atoms with Crippen LogP contribution < -0.4 is 14.9 Å². The molecule has 0 atom stereocenters. The molecule has 1 aliphatic rings. The summed E-state index contributed by atoms with van der Waals surface area (Å²) in [5.74, 6) is 1.13. The Hall–Kier alpha value is -3.81. The van der Waals surface area contributed by atoms with Gasteiger partial charge in [-0.15, -0.1) is 0 Å². The molecule has 0 spiro atoms. The summed E-state index contributed by atoms with van der Waals surface area (Å²) in [5, 5.41) is 0.432. The number of benzene rings is 2. The maximum atomic E-state index is 13.2. The first-order valence-corrected chi connectivity index (χ1v) is 11.7. The molecule has 8 heteroatoms. The van der Waals surface area contributed by atoms with Gasteiger partial charge in [0.15, 0.2) is 6.61 Å². The predicted molar refractivity (Wildman–Crippen MR) is 131 cm³/mol. The van der Waals surface area contributed by atoms with Crippen molar-refractivity contribution in [2.75, 3.05) is 33.4 Å². The first-order chi connectivity index (χ1) is 16.9. The van der Waals surface area contributed by atoms with Crippen molar-refractivity contribution in [3.8, 4) is 22.6 Å². The van der Waals surface area contributed by atoms with Gasteiger partial charge in [0.05, 0.1) is 30.6 Å². The van der Waals surface area contributed by atoms with Gasteiger partial charge in [-0.3, -0.25) is 14.4 Å². The maximum Gasteiger partial charge on any atom is 0.309 e. The van der Waals surface area contributed by atoms with Crippen molar-refractivity contribution >= 4 is 22.8 Å². The van der Waals surface area contributed by atoms with Crippen LogP contribution in [0, 0.1) is 12.8 Å². The molecule has 35 heavy (non-hydrogen) atoms.